The van der Waals surface area contributed by atoms with Crippen molar-refractivity contribution in [3.63, 3.8) is 0 Å². The molecule has 5 heteroatoms. The standard InChI is InChI=1S/C11H15FO3S/c1-11(2,3)8-5-6-9(12)10(7-8)15-16(4,13)14/h5-7H,1-4H3. The van der Waals surface area contributed by atoms with Crippen LogP contribution in [0.2, 0.25) is 0 Å². The van der Waals surface area contributed by atoms with E-state index in [2.05, 4.69) is 4.18 Å². The Bertz CT molecular complexity index is 486. The molecular formula is C11H15FO3S. The van der Waals surface area contributed by atoms with Gasteiger partial charge in [-0.1, -0.05) is 26.8 Å². The predicted molar refractivity (Wildman–Crippen MR) is 60.6 cm³/mol. The third-order valence-electron chi connectivity index (χ3n) is 2.04. The molecule has 0 atom stereocenters. The summed E-state index contributed by atoms with van der Waals surface area (Å²) in [7, 11) is -3.70. The fourth-order valence-electron chi connectivity index (χ4n) is 1.20. The fourth-order valence-corrected chi connectivity index (χ4v) is 1.65. The number of benzene rings is 1. The van der Waals surface area contributed by atoms with Crippen LogP contribution in [-0.2, 0) is 15.5 Å². The fraction of sp³-hybridized carbons (Fsp3) is 0.455. The highest BCUT2D eigenvalue weighted by atomic mass is 32.2. The van der Waals surface area contributed by atoms with Crippen LogP contribution in [0.5, 0.6) is 5.75 Å². The minimum atomic E-state index is -3.70. The topological polar surface area (TPSA) is 43.4 Å². The summed E-state index contributed by atoms with van der Waals surface area (Å²) >= 11 is 0. The molecule has 0 aliphatic carbocycles. The maximum absolute atomic E-state index is 13.3. The quantitative estimate of drug-likeness (QED) is 0.753. The Morgan fingerprint density at radius 1 is 1.25 bits per heavy atom. The summed E-state index contributed by atoms with van der Waals surface area (Å²) in [5, 5.41) is 0. The van der Waals surface area contributed by atoms with Crippen LogP contribution in [-0.4, -0.2) is 14.7 Å². The smallest absolute Gasteiger partial charge is 0.306 e. The van der Waals surface area contributed by atoms with Crippen molar-refractivity contribution in [3.05, 3.63) is 29.6 Å². The van der Waals surface area contributed by atoms with Crippen molar-refractivity contribution in [2.75, 3.05) is 6.26 Å². The van der Waals surface area contributed by atoms with E-state index in [0.29, 0.717) is 0 Å². The number of halogens is 1. The van der Waals surface area contributed by atoms with Crippen LogP contribution in [0.4, 0.5) is 4.39 Å². The summed E-state index contributed by atoms with van der Waals surface area (Å²) in [6.07, 6.45) is 0.885. The molecule has 16 heavy (non-hydrogen) atoms. The molecule has 0 fully saturated rings. The normalized spacial score (nSPS) is 12.6. The monoisotopic (exact) mass is 246 g/mol. The molecule has 0 bridgehead atoms. The lowest BCUT2D eigenvalue weighted by Gasteiger charge is -2.19. The highest BCUT2D eigenvalue weighted by Gasteiger charge is 2.18. The van der Waals surface area contributed by atoms with E-state index < -0.39 is 15.9 Å². The van der Waals surface area contributed by atoms with E-state index in [1.54, 1.807) is 6.07 Å². The Morgan fingerprint density at radius 2 is 1.81 bits per heavy atom. The Labute approximate surface area is 95.4 Å². The molecule has 0 aromatic heterocycles. The first-order valence-electron chi connectivity index (χ1n) is 4.79. The van der Waals surface area contributed by atoms with Gasteiger partial charge in [-0.2, -0.15) is 8.42 Å². The van der Waals surface area contributed by atoms with Gasteiger partial charge in [0.1, 0.15) is 0 Å². The van der Waals surface area contributed by atoms with Crippen LogP contribution in [0, 0.1) is 5.82 Å². The van der Waals surface area contributed by atoms with E-state index in [1.807, 2.05) is 20.8 Å². The van der Waals surface area contributed by atoms with Gasteiger partial charge in [0.05, 0.1) is 6.26 Å². The van der Waals surface area contributed by atoms with Gasteiger partial charge in [0.15, 0.2) is 11.6 Å². The molecule has 0 heterocycles. The maximum atomic E-state index is 13.3. The van der Waals surface area contributed by atoms with Gasteiger partial charge in [0, 0.05) is 0 Å². The molecule has 90 valence electrons. The van der Waals surface area contributed by atoms with Crippen molar-refractivity contribution in [1.82, 2.24) is 0 Å². The SMILES string of the molecule is CC(C)(C)c1ccc(F)c(OS(C)(=O)=O)c1. The molecule has 0 aliphatic heterocycles. The Hall–Kier alpha value is -1.10. The van der Waals surface area contributed by atoms with Crippen LogP contribution in [0.25, 0.3) is 0 Å². The highest BCUT2D eigenvalue weighted by Crippen LogP contribution is 2.28. The van der Waals surface area contributed by atoms with Crippen molar-refractivity contribution >= 4 is 10.1 Å². The average molecular weight is 246 g/mol. The Kier molecular flexibility index (Phi) is 3.28. The molecular weight excluding hydrogens is 231 g/mol. The van der Waals surface area contributed by atoms with Crippen LogP contribution in [0.1, 0.15) is 26.3 Å². The van der Waals surface area contributed by atoms with Crippen molar-refractivity contribution in [2.24, 2.45) is 0 Å². The molecule has 3 nitrogen and oxygen atoms in total. The molecule has 1 aromatic rings. The zero-order valence-corrected chi connectivity index (χ0v) is 10.6. The molecule has 0 spiro atoms. The van der Waals surface area contributed by atoms with Gasteiger partial charge in [0.2, 0.25) is 0 Å². The maximum Gasteiger partial charge on any atom is 0.306 e. The summed E-state index contributed by atoms with van der Waals surface area (Å²) in [5.41, 5.74) is 0.621. The van der Waals surface area contributed by atoms with E-state index in [9.17, 15) is 12.8 Å². The molecule has 0 N–H and O–H groups in total. The third-order valence-corrected chi connectivity index (χ3v) is 2.52. The largest absolute Gasteiger partial charge is 0.379 e. The summed E-state index contributed by atoms with van der Waals surface area (Å²) in [6, 6.07) is 4.24. The van der Waals surface area contributed by atoms with Crippen LogP contribution < -0.4 is 4.18 Å². The molecule has 0 unspecified atom stereocenters. The van der Waals surface area contributed by atoms with E-state index in [0.717, 1.165) is 11.8 Å². The van der Waals surface area contributed by atoms with Gasteiger partial charge >= 0.3 is 10.1 Å². The second-order valence-electron chi connectivity index (χ2n) is 4.68. The number of hydrogen-bond donors (Lipinski definition) is 0. The first-order chi connectivity index (χ1) is 7.09. The number of hydrogen-bond acceptors (Lipinski definition) is 3. The summed E-state index contributed by atoms with van der Waals surface area (Å²) < 4.78 is 39.7. The first kappa shape index (κ1) is 13.0. The zero-order chi connectivity index (χ0) is 12.6. The molecule has 1 rings (SSSR count). The molecule has 0 aliphatic rings. The molecule has 0 amide bonds. The van der Waals surface area contributed by atoms with E-state index in [1.165, 1.54) is 12.1 Å². The van der Waals surface area contributed by atoms with Gasteiger partial charge in [-0.15, -0.1) is 0 Å². The van der Waals surface area contributed by atoms with E-state index in [-0.39, 0.29) is 11.2 Å². The van der Waals surface area contributed by atoms with Gasteiger partial charge in [-0.25, -0.2) is 4.39 Å². The lowest BCUT2D eigenvalue weighted by atomic mass is 9.87. The van der Waals surface area contributed by atoms with Crippen LogP contribution in [0.15, 0.2) is 18.2 Å². The van der Waals surface area contributed by atoms with Gasteiger partial charge in [-0.05, 0) is 23.1 Å². The van der Waals surface area contributed by atoms with Crippen molar-refractivity contribution < 1.29 is 17.0 Å². The summed E-state index contributed by atoms with van der Waals surface area (Å²) in [6.45, 7) is 5.85. The van der Waals surface area contributed by atoms with Gasteiger partial charge < -0.3 is 4.18 Å². The third kappa shape index (κ3) is 3.48. The van der Waals surface area contributed by atoms with Gasteiger partial charge in [-0.3, -0.25) is 0 Å². The molecule has 0 radical (unpaired) electrons. The minimum Gasteiger partial charge on any atom is -0.379 e. The molecule has 1 aromatic carbocycles. The van der Waals surface area contributed by atoms with Crippen molar-refractivity contribution in [1.29, 1.82) is 0 Å². The van der Waals surface area contributed by atoms with Gasteiger partial charge in [0.25, 0.3) is 0 Å². The summed E-state index contributed by atoms with van der Waals surface area (Å²) in [4.78, 5) is 0. The summed E-state index contributed by atoms with van der Waals surface area (Å²) in [5.74, 6) is -0.937. The lowest BCUT2D eigenvalue weighted by molar-refractivity contribution is 0.464. The van der Waals surface area contributed by atoms with E-state index >= 15 is 0 Å². The first-order valence-corrected chi connectivity index (χ1v) is 6.61. The molecule has 0 saturated heterocycles. The Morgan fingerprint density at radius 3 is 2.25 bits per heavy atom. The average Bonchev–Trinajstić information content (AvgIpc) is 2.04. The zero-order valence-electron chi connectivity index (χ0n) is 9.74. The van der Waals surface area contributed by atoms with Crippen molar-refractivity contribution in [2.45, 2.75) is 26.2 Å². The second kappa shape index (κ2) is 4.05. The minimum absolute atomic E-state index is 0.191. The lowest BCUT2D eigenvalue weighted by Crippen LogP contribution is -2.13. The van der Waals surface area contributed by atoms with Crippen LogP contribution in [0.3, 0.4) is 0 Å². The molecule has 0 saturated carbocycles. The van der Waals surface area contributed by atoms with E-state index in [4.69, 9.17) is 0 Å². The van der Waals surface area contributed by atoms with Crippen LogP contribution >= 0.6 is 0 Å². The second-order valence-corrected chi connectivity index (χ2v) is 6.26. The van der Waals surface area contributed by atoms with Crippen molar-refractivity contribution in [3.8, 4) is 5.75 Å². The predicted octanol–water partition coefficient (Wildman–Crippen LogP) is 2.46. The number of rotatable bonds is 2. The Balaban J connectivity index is 3.20. The highest BCUT2D eigenvalue weighted by molar-refractivity contribution is 7.86.